The van der Waals surface area contributed by atoms with Crippen molar-refractivity contribution in [3.63, 3.8) is 0 Å². The van der Waals surface area contributed by atoms with Crippen LogP contribution in [0.2, 0.25) is 0 Å². The van der Waals surface area contributed by atoms with E-state index in [1.807, 2.05) is 54.6 Å². The highest BCUT2D eigenvalue weighted by Crippen LogP contribution is 2.18. The SMILES string of the molecule is CN(C(=O)c1cccc(NC(=O)Cc2ccc(Br)cc2)c1)c1ccccc1. The molecule has 2 amide bonds. The van der Waals surface area contributed by atoms with Crippen LogP contribution in [0.3, 0.4) is 0 Å². The number of nitrogens with zero attached hydrogens (tertiary/aromatic N) is 1. The molecule has 1 N–H and O–H groups in total. The van der Waals surface area contributed by atoms with Gasteiger partial charge in [-0.15, -0.1) is 0 Å². The van der Waals surface area contributed by atoms with Gasteiger partial charge in [0.1, 0.15) is 0 Å². The second-order valence-corrected chi connectivity index (χ2v) is 7.05. The molecule has 0 heterocycles. The summed E-state index contributed by atoms with van der Waals surface area (Å²) in [5, 5.41) is 2.86. The van der Waals surface area contributed by atoms with E-state index in [-0.39, 0.29) is 18.2 Å². The van der Waals surface area contributed by atoms with Gasteiger partial charge in [0.05, 0.1) is 6.42 Å². The third kappa shape index (κ3) is 5.05. The summed E-state index contributed by atoms with van der Waals surface area (Å²) < 4.78 is 0.973. The maximum Gasteiger partial charge on any atom is 0.258 e. The summed E-state index contributed by atoms with van der Waals surface area (Å²) in [5.74, 6) is -0.261. The van der Waals surface area contributed by atoms with Gasteiger partial charge >= 0.3 is 0 Å². The topological polar surface area (TPSA) is 49.4 Å². The first-order valence-corrected chi connectivity index (χ1v) is 9.30. The smallest absolute Gasteiger partial charge is 0.258 e. The van der Waals surface area contributed by atoms with Gasteiger partial charge < -0.3 is 10.2 Å². The zero-order valence-electron chi connectivity index (χ0n) is 14.9. The maximum absolute atomic E-state index is 12.7. The lowest BCUT2D eigenvalue weighted by Gasteiger charge is -2.17. The second-order valence-electron chi connectivity index (χ2n) is 6.13. The van der Waals surface area contributed by atoms with Crippen molar-refractivity contribution in [2.45, 2.75) is 6.42 Å². The normalized spacial score (nSPS) is 10.3. The first-order valence-electron chi connectivity index (χ1n) is 8.50. The van der Waals surface area contributed by atoms with Crippen LogP contribution in [-0.4, -0.2) is 18.9 Å². The lowest BCUT2D eigenvalue weighted by Crippen LogP contribution is -2.26. The Morgan fingerprint density at radius 2 is 1.63 bits per heavy atom. The van der Waals surface area contributed by atoms with E-state index in [0.717, 1.165) is 15.7 Å². The van der Waals surface area contributed by atoms with Crippen molar-refractivity contribution in [1.82, 2.24) is 0 Å². The fourth-order valence-corrected chi connectivity index (χ4v) is 2.95. The van der Waals surface area contributed by atoms with Crippen LogP contribution in [0.5, 0.6) is 0 Å². The van der Waals surface area contributed by atoms with Gasteiger partial charge in [-0.2, -0.15) is 0 Å². The molecule has 0 saturated heterocycles. The van der Waals surface area contributed by atoms with Crippen molar-refractivity contribution < 1.29 is 9.59 Å². The number of hydrogen-bond acceptors (Lipinski definition) is 2. The number of halogens is 1. The third-order valence-electron chi connectivity index (χ3n) is 4.12. The zero-order valence-corrected chi connectivity index (χ0v) is 16.4. The van der Waals surface area contributed by atoms with Gasteiger partial charge in [0.25, 0.3) is 5.91 Å². The molecular formula is C22H19BrN2O2. The Hall–Kier alpha value is -2.92. The standard InChI is InChI=1S/C22H19BrN2O2/c1-25(20-8-3-2-4-9-20)22(27)17-6-5-7-19(15-17)24-21(26)14-16-10-12-18(23)13-11-16/h2-13,15H,14H2,1H3,(H,24,26). The summed E-state index contributed by atoms with van der Waals surface area (Å²) in [5.41, 5.74) is 2.85. The number of carbonyl (C=O) groups is 2. The van der Waals surface area contributed by atoms with E-state index in [1.54, 1.807) is 36.2 Å². The number of amides is 2. The lowest BCUT2D eigenvalue weighted by molar-refractivity contribution is -0.115. The van der Waals surface area contributed by atoms with Gasteiger partial charge in [-0.05, 0) is 48.0 Å². The molecule has 0 spiro atoms. The van der Waals surface area contributed by atoms with Gasteiger partial charge in [0, 0.05) is 28.5 Å². The monoisotopic (exact) mass is 422 g/mol. The summed E-state index contributed by atoms with van der Waals surface area (Å²) in [6.07, 6.45) is 0.273. The average molecular weight is 423 g/mol. The van der Waals surface area contributed by atoms with E-state index in [2.05, 4.69) is 21.2 Å². The first kappa shape index (κ1) is 18.9. The molecule has 27 heavy (non-hydrogen) atoms. The average Bonchev–Trinajstić information content (AvgIpc) is 2.69. The van der Waals surface area contributed by atoms with Crippen molar-refractivity contribution in [1.29, 1.82) is 0 Å². The van der Waals surface area contributed by atoms with Crippen LogP contribution < -0.4 is 10.2 Å². The molecule has 3 aromatic carbocycles. The number of para-hydroxylation sites is 1. The highest BCUT2D eigenvalue weighted by Gasteiger charge is 2.14. The number of rotatable bonds is 5. The molecule has 0 aliphatic heterocycles. The minimum Gasteiger partial charge on any atom is -0.326 e. The summed E-state index contributed by atoms with van der Waals surface area (Å²) in [6.45, 7) is 0. The molecule has 0 aliphatic carbocycles. The second kappa shape index (κ2) is 8.64. The van der Waals surface area contributed by atoms with Crippen molar-refractivity contribution in [2.75, 3.05) is 17.3 Å². The minimum atomic E-state index is -0.134. The predicted molar refractivity (Wildman–Crippen MR) is 112 cm³/mol. The molecule has 0 radical (unpaired) electrons. The summed E-state index contributed by atoms with van der Waals surface area (Å²) in [6, 6.07) is 24.0. The van der Waals surface area contributed by atoms with Crippen molar-refractivity contribution in [3.05, 3.63) is 94.5 Å². The van der Waals surface area contributed by atoms with E-state index in [4.69, 9.17) is 0 Å². The molecule has 0 fully saturated rings. The molecule has 0 aromatic heterocycles. The Kier molecular flexibility index (Phi) is 6.04. The van der Waals surface area contributed by atoms with E-state index >= 15 is 0 Å². The molecule has 136 valence electrons. The Balaban J connectivity index is 1.68. The number of benzene rings is 3. The lowest BCUT2D eigenvalue weighted by atomic mass is 10.1. The number of hydrogen-bond donors (Lipinski definition) is 1. The van der Waals surface area contributed by atoms with Gasteiger partial charge in [0.15, 0.2) is 0 Å². The Morgan fingerprint density at radius 3 is 2.33 bits per heavy atom. The largest absolute Gasteiger partial charge is 0.326 e. The first-order chi connectivity index (χ1) is 13.0. The highest BCUT2D eigenvalue weighted by molar-refractivity contribution is 9.10. The minimum absolute atomic E-state index is 0.127. The predicted octanol–water partition coefficient (Wildman–Crippen LogP) is 4.91. The molecule has 0 bridgehead atoms. The molecular weight excluding hydrogens is 404 g/mol. The summed E-state index contributed by atoms with van der Waals surface area (Å²) >= 11 is 3.38. The van der Waals surface area contributed by atoms with Gasteiger partial charge in [0.2, 0.25) is 5.91 Å². The molecule has 0 aliphatic rings. The third-order valence-corrected chi connectivity index (χ3v) is 4.65. The highest BCUT2D eigenvalue weighted by atomic mass is 79.9. The quantitative estimate of drug-likeness (QED) is 0.634. The van der Waals surface area contributed by atoms with E-state index < -0.39 is 0 Å². The number of anilines is 2. The number of carbonyl (C=O) groups excluding carboxylic acids is 2. The molecule has 0 saturated carbocycles. The fraction of sp³-hybridized carbons (Fsp3) is 0.0909. The van der Waals surface area contributed by atoms with Crippen LogP contribution in [0.25, 0.3) is 0 Å². The maximum atomic E-state index is 12.7. The van der Waals surface area contributed by atoms with Crippen molar-refractivity contribution in [2.24, 2.45) is 0 Å². The van der Waals surface area contributed by atoms with Crippen LogP contribution in [0.15, 0.2) is 83.3 Å². The van der Waals surface area contributed by atoms with Crippen molar-refractivity contribution >= 4 is 39.1 Å². The zero-order chi connectivity index (χ0) is 19.2. The van der Waals surface area contributed by atoms with E-state index in [9.17, 15) is 9.59 Å². The van der Waals surface area contributed by atoms with E-state index in [1.165, 1.54) is 0 Å². The Bertz CT molecular complexity index is 940. The van der Waals surface area contributed by atoms with Gasteiger partial charge in [-0.1, -0.05) is 52.3 Å². The fourth-order valence-electron chi connectivity index (χ4n) is 2.69. The molecule has 0 unspecified atom stereocenters. The molecule has 3 rings (SSSR count). The Labute approximate surface area is 167 Å². The molecule has 3 aromatic rings. The van der Waals surface area contributed by atoms with Crippen LogP contribution >= 0.6 is 15.9 Å². The van der Waals surface area contributed by atoms with Gasteiger partial charge in [-0.25, -0.2) is 0 Å². The van der Waals surface area contributed by atoms with Crippen LogP contribution in [-0.2, 0) is 11.2 Å². The number of nitrogens with one attached hydrogen (secondary N) is 1. The molecule has 5 heteroatoms. The van der Waals surface area contributed by atoms with E-state index in [0.29, 0.717) is 11.3 Å². The van der Waals surface area contributed by atoms with Gasteiger partial charge in [-0.3, -0.25) is 9.59 Å². The van der Waals surface area contributed by atoms with Crippen LogP contribution in [0, 0.1) is 0 Å². The molecule has 4 nitrogen and oxygen atoms in total. The van der Waals surface area contributed by atoms with Crippen molar-refractivity contribution in [3.8, 4) is 0 Å². The van der Waals surface area contributed by atoms with Crippen LogP contribution in [0.4, 0.5) is 11.4 Å². The van der Waals surface area contributed by atoms with Crippen LogP contribution in [0.1, 0.15) is 15.9 Å². The summed E-state index contributed by atoms with van der Waals surface area (Å²) in [4.78, 5) is 26.6. The molecule has 0 atom stereocenters. The Morgan fingerprint density at radius 1 is 0.926 bits per heavy atom. The summed E-state index contributed by atoms with van der Waals surface area (Å²) in [7, 11) is 1.73.